The third kappa shape index (κ3) is 3.25. The second kappa shape index (κ2) is 6.17. The molecule has 1 N–H and O–H groups in total. The van der Waals surface area contributed by atoms with Gasteiger partial charge in [-0.15, -0.1) is 0 Å². The minimum Gasteiger partial charge on any atom is -0.490 e. The summed E-state index contributed by atoms with van der Waals surface area (Å²) in [7, 11) is 1.30. The zero-order chi connectivity index (χ0) is 15.4. The fraction of sp³-hybridized carbons (Fsp3) is 0.214. The molecule has 0 aliphatic carbocycles. The largest absolute Gasteiger partial charge is 0.490 e. The van der Waals surface area contributed by atoms with Gasteiger partial charge >= 0.3 is 5.69 Å². The predicted octanol–water partition coefficient (Wildman–Crippen LogP) is 3.06. The van der Waals surface area contributed by atoms with E-state index in [1.807, 2.05) is 19.1 Å². The zero-order valence-electron chi connectivity index (χ0n) is 11.6. The van der Waals surface area contributed by atoms with Crippen LogP contribution in [0.3, 0.4) is 0 Å². The minimum absolute atomic E-state index is 0.00152. The number of hydrogen-bond acceptors (Lipinski definition) is 5. The summed E-state index contributed by atoms with van der Waals surface area (Å²) in [5.41, 5.74) is 1.46. The predicted molar refractivity (Wildman–Crippen MR) is 75.9 cm³/mol. The highest BCUT2D eigenvalue weighted by Gasteiger charge is 2.19. The van der Waals surface area contributed by atoms with Gasteiger partial charge in [0.1, 0.15) is 0 Å². The molecule has 0 fully saturated rings. The molecule has 0 atom stereocenters. The third-order valence-corrected chi connectivity index (χ3v) is 3.03. The average Bonchev–Trinajstić information content (AvgIpc) is 2.47. The topological polar surface area (TPSA) is 77.3 Å². The normalized spacial score (nSPS) is 10.2. The van der Waals surface area contributed by atoms with Crippen LogP contribution in [0.15, 0.2) is 30.5 Å². The number of rotatable bonds is 5. The maximum Gasteiger partial charge on any atom is 0.313 e. The lowest BCUT2D eigenvalue weighted by molar-refractivity contribution is -0.385. The van der Waals surface area contributed by atoms with Crippen molar-refractivity contribution in [3.63, 3.8) is 0 Å². The molecule has 0 unspecified atom stereocenters. The van der Waals surface area contributed by atoms with Crippen LogP contribution in [0.5, 0.6) is 5.75 Å². The van der Waals surface area contributed by atoms with Gasteiger partial charge in [-0.2, -0.15) is 0 Å². The summed E-state index contributed by atoms with van der Waals surface area (Å²) in [4.78, 5) is 14.3. The molecule has 1 aromatic carbocycles. The van der Waals surface area contributed by atoms with Gasteiger partial charge in [0.25, 0.3) is 0 Å². The Bertz CT molecular complexity index is 677. The quantitative estimate of drug-likeness (QED) is 0.676. The molecule has 1 heterocycles. The Balaban J connectivity index is 2.25. The van der Waals surface area contributed by atoms with E-state index in [0.29, 0.717) is 6.54 Å². The Morgan fingerprint density at radius 1 is 1.48 bits per heavy atom. The van der Waals surface area contributed by atoms with Crippen molar-refractivity contribution in [2.75, 3.05) is 12.4 Å². The molecule has 110 valence electrons. The first-order valence-corrected chi connectivity index (χ1v) is 6.19. The van der Waals surface area contributed by atoms with Crippen molar-refractivity contribution < 1.29 is 14.1 Å². The Hall–Kier alpha value is -2.70. The van der Waals surface area contributed by atoms with Gasteiger partial charge in [0.05, 0.1) is 36.0 Å². The number of methoxy groups -OCH3 is 1. The van der Waals surface area contributed by atoms with Gasteiger partial charge < -0.3 is 10.1 Å². The number of pyridine rings is 1. The summed E-state index contributed by atoms with van der Waals surface area (Å²) in [6, 6.07) is 5.82. The summed E-state index contributed by atoms with van der Waals surface area (Å²) in [6.07, 6.45) is 1.65. The third-order valence-electron chi connectivity index (χ3n) is 3.03. The second-order valence-corrected chi connectivity index (χ2v) is 4.38. The van der Waals surface area contributed by atoms with Crippen LogP contribution in [0.2, 0.25) is 0 Å². The Morgan fingerprint density at radius 2 is 2.24 bits per heavy atom. The van der Waals surface area contributed by atoms with E-state index in [4.69, 9.17) is 4.74 Å². The zero-order valence-corrected chi connectivity index (χ0v) is 11.6. The number of nitrogens with one attached hydrogen (secondary N) is 1. The fourth-order valence-corrected chi connectivity index (χ4v) is 1.87. The molecule has 1 aromatic heterocycles. The van der Waals surface area contributed by atoms with Crippen molar-refractivity contribution in [1.82, 2.24) is 4.98 Å². The standard InChI is InChI=1S/C14H14FN3O3/c1-9-4-3-5-16-12(9)8-17-11-7-14(21-2)13(18(19)20)6-10(11)15/h3-7,17H,8H2,1-2H3. The van der Waals surface area contributed by atoms with E-state index in [0.717, 1.165) is 17.3 Å². The van der Waals surface area contributed by atoms with Gasteiger partial charge in [0.2, 0.25) is 0 Å². The summed E-state index contributed by atoms with van der Waals surface area (Å²) in [5, 5.41) is 13.7. The van der Waals surface area contributed by atoms with Crippen molar-refractivity contribution in [3.8, 4) is 5.75 Å². The number of aryl methyl sites for hydroxylation is 1. The summed E-state index contributed by atoms with van der Waals surface area (Å²) >= 11 is 0. The van der Waals surface area contributed by atoms with E-state index >= 15 is 0 Å². The average molecular weight is 291 g/mol. The molecule has 2 aromatic rings. The van der Waals surface area contributed by atoms with E-state index in [9.17, 15) is 14.5 Å². The van der Waals surface area contributed by atoms with E-state index in [-0.39, 0.29) is 11.4 Å². The number of nitrogens with zero attached hydrogens (tertiary/aromatic N) is 2. The number of benzene rings is 1. The van der Waals surface area contributed by atoms with Crippen molar-refractivity contribution in [3.05, 3.63) is 57.7 Å². The van der Waals surface area contributed by atoms with Crippen molar-refractivity contribution >= 4 is 11.4 Å². The summed E-state index contributed by atoms with van der Waals surface area (Å²) in [6.45, 7) is 2.21. The number of nitro groups is 1. The first-order valence-electron chi connectivity index (χ1n) is 6.19. The Labute approximate surface area is 120 Å². The van der Waals surface area contributed by atoms with Gasteiger partial charge in [0, 0.05) is 12.3 Å². The monoisotopic (exact) mass is 291 g/mol. The molecule has 0 spiro atoms. The molecule has 0 saturated heterocycles. The lowest BCUT2D eigenvalue weighted by Gasteiger charge is -2.10. The maximum absolute atomic E-state index is 13.9. The Kier molecular flexibility index (Phi) is 4.32. The van der Waals surface area contributed by atoms with Crippen LogP contribution in [-0.4, -0.2) is 17.0 Å². The van der Waals surface area contributed by atoms with Crippen molar-refractivity contribution in [2.24, 2.45) is 0 Å². The maximum atomic E-state index is 13.9. The molecular weight excluding hydrogens is 277 g/mol. The molecule has 21 heavy (non-hydrogen) atoms. The smallest absolute Gasteiger partial charge is 0.313 e. The number of nitro benzene ring substituents is 1. The van der Waals surface area contributed by atoms with Gasteiger partial charge in [-0.25, -0.2) is 4.39 Å². The van der Waals surface area contributed by atoms with E-state index in [1.165, 1.54) is 13.2 Å². The second-order valence-electron chi connectivity index (χ2n) is 4.38. The van der Waals surface area contributed by atoms with Gasteiger partial charge in [0.15, 0.2) is 11.6 Å². The highest BCUT2D eigenvalue weighted by atomic mass is 19.1. The van der Waals surface area contributed by atoms with Crippen LogP contribution >= 0.6 is 0 Å². The molecule has 0 bridgehead atoms. The van der Waals surface area contributed by atoms with E-state index < -0.39 is 16.4 Å². The highest BCUT2D eigenvalue weighted by Crippen LogP contribution is 2.32. The molecule has 6 nitrogen and oxygen atoms in total. The first kappa shape index (κ1) is 14.7. The van der Waals surface area contributed by atoms with E-state index in [2.05, 4.69) is 10.3 Å². The number of ether oxygens (including phenoxy) is 1. The molecule has 2 rings (SSSR count). The lowest BCUT2D eigenvalue weighted by atomic mass is 10.2. The van der Waals surface area contributed by atoms with Crippen LogP contribution in [0, 0.1) is 22.9 Å². The number of hydrogen-bond donors (Lipinski definition) is 1. The van der Waals surface area contributed by atoms with Crippen LogP contribution in [0.25, 0.3) is 0 Å². The van der Waals surface area contributed by atoms with Crippen molar-refractivity contribution in [2.45, 2.75) is 13.5 Å². The number of halogens is 1. The van der Waals surface area contributed by atoms with E-state index in [1.54, 1.807) is 6.20 Å². The van der Waals surface area contributed by atoms with Crippen molar-refractivity contribution in [1.29, 1.82) is 0 Å². The van der Waals surface area contributed by atoms with Gasteiger partial charge in [-0.3, -0.25) is 15.1 Å². The molecule has 0 amide bonds. The van der Waals surface area contributed by atoms with Crippen LogP contribution in [-0.2, 0) is 6.54 Å². The lowest BCUT2D eigenvalue weighted by Crippen LogP contribution is -2.06. The molecule has 7 heteroatoms. The molecule has 0 saturated carbocycles. The van der Waals surface area contributed by atoms with Gasteiger partial charge in [-0.1, -0.05) is 6.07 Å². The summed E-state index contributed by atoms with van der Waals surface area (Å²) in [5.74, 6) is -0.710. The number of aromatic nitrogens is 1. The first-order chi connectivity index (χ1) is 10.0. The summed E-state index contributed by atoms with van der Waals surface area (Å²) < 4.78 is 18.8. The number of anilines is 1. The molecule has 0 aliphatic rings. The Morgan fingerprint density at radius 3 is 2.86 bits per heavy atom. The minimum atomic E-state index is -0.712. The van der Waals surface area contributed by atoms with Crippen LogP contribution < -0.4 is 10.1 Å². The molecule has 0 aliphatic heterocycles. The van der Waals surface area contributed by atoms with Crippen LogP contribution in [0.4, 0.5) is 15.8 Å². The fourth-order valence-electron chi connectivity index (χ4n) is 1.87. The molecular formula is C14H14FN3O3. The van der Waals surface area contributed by atoms with Crippen LogP contribution in [0.1, 0.15) is 11.3 Å². The molecule has 0 radical (unpaired) electrons. The SMILES string of the molecule is COc1cc(NCc2ncccc2C)c(F)cc1[N+](=O)[O-]. The highest BCUT2D eigenvalue weighted by molar-refractivity contribution is 5.59. The van der Waals surface area contributed by atoms with Gasteiger partial charge in [-0.05, 0) is 18.6 Å².